The van der Waals surface area contributed by atoms with Crippen LogP contribution >= 0.6 is 0 Å². The van der Waals surface area contributed by atoms with Gasteiger partial charge in [0.2, 0.25) is 5.75 Å². The molecule has 1 aromatic rings. The Bertz CT molecular complexity index is 527. The van der Waals surface area contributed by atoms with Gasteiger partial charge in [0.25, 0.3) is 0 Å². The molecule has 0 amide bonds. The van der Waals surface area contributed by atoms with E-state index in [1.54, 1.807) is 21.3 Å². The smallest absolute Gasteiger partial charge is 0.203 e. The van der Waals surface area contributed by atoms with Crippen LogP contribution in [0.1, 0.15) is 36.4 Å². The number of hydrogen-bond acceptors (Lipinski definition) is 5. The van der Waals surface area contributed by atoms with E-state index in [9.17, 15) is 0 Å². The number of likely N-dealkylation sites (tertiary alicyclic amines) is 1. The zero-order valence-corrected chi connectivity index (χ0v) is 13.8. The molecule has 0 saturated carbocycles. The lowest BCUT2D eigenvalue weighted by Crippen LogP contribution is -2.42. The summed E-state index contributed by atoms with van der Waals surface area (Å²) in [6.45, 7) is 4.12. The second kappa shape index (κ2) is 6.75. The molecule has 5 nitrogen and oxygen atoms in total. The molecule has 1 saturated heterocycles. The molecule has 0 spiro atoms. The van der Waals surface area contributed by atoms with E-state index in [-0.39, 0.29) is 0 Å². The average Bonchev–Trinajstić information content (AvgIpc) is 2.60. The maximum absolute atomic E-state index is 5.65. The Morgan fingerprint density at radius 3 is 2.36 bits per heavy atom. The molecule has 3 rings (SSSR count). The van der Waals surface area contributed by atoms with Crippen LogP contribution in [-0.4, -0.2) is 45.9 Å². The van der Waals surface area contributed by atoms with E-state index >= 15 is 0 Å². The lowest BCUT2D eigenvalue weighted by molar-refractivity contribution is 0.153. The molecule has 22 heavy (non-hydrogen) atoms. The Labute approximate surface area is 132 Å². The Kier molecular flexibility index (Phi) is 4.74. The van der Waals surface area contributed by atoms with E-state index < -0.39 is 0 Å². The van der Waals surface area contributed by atoms with Crippen LogP contribution in [0.25, 0.3) is 0 Å². The second-order valence-corrected chi connectivity index (χ2v) is 5.96. The van der Waals surface area contributed by atoms with Crippen molar-refractivity contribution in [2.45, 2.75) is 31.8 Å². The predicted octanol–water partition coefficient (Wildman–Crippen LogP) is 2.34. The first kappa shape index (κ1) is 15.4. The highest BCUT2D eigenvalue weighted by molar-refractivity contribution is 5.60. The number of ether oxygens (including phenoxy) is 3. The summed E-state index contributed by atoms with van der Waals surface area (Å²) in [7, 11) is 5.04. The summed E-state index contributed by atoms with van der Waals surface area (Å²) < 4.78 is 16.7. The van der Waals surface area contributed by atoms with Gasteiger partial charge in [-0.2, -0.15) is 0 Å². The van der Waals surface area contributed by atoms with Crippen molar-refractivity contribution in [2.75, 3.05) is 41.0 Å². The Morgan fingerprint density at radius 2 is 1.73 bits per heavy atom. The van der Waals surface area contributed by atoms with Gasteiger partial charge in [-0.05, 0) is 37.6 Å². The molecule has 1 aromatic carbocycles. The molecule has 0 bridgehead atoms. The van der Waals surface area contributed by atoms with Gasteiger partial charge >= 0.3 is 0 Å². The van der Waals surface area contributed by atoms with Crippen molar-refractivity contribution in [3.63, 3.8) is 0 Å². The molecule has 0 aliphatic carbocycles. The number of hydrogen-bond donors (Lipinski definition) is 1. The fraction of sp³-hybridized carbons (Fsp3) is 0.647. The molecule has 2 aliphatic heterocycles. The third kappa shape index (κ3) is 2.63. The molecule has 0 unspecified atom stereocenters. The lowest BCUT2D eigenvalue weighted by atomic mass is 9.92. The summed E-state index contributed by atoms with van der Waals surface area (Å²) in [5.74, 6) is 2.23. The fourth-order valence-corrected chi connectivity index (χ4v) is 3.71. The normalized spacial score (nSPS) is 22.0. The van der Waals surface area contributed by atoms with Crippen LogP contribution in [0.15, 0.2) is 6.07 Å². The zero-order valence-electron chi connectivity index (χ0n) is 13.8. The highest BCUT2D eigenvalue weighted by Crippen LogP contribution is 2.45. The van der Waals surface area contributed by atoms with Crippen molar-refractivity contribution < 1.29 is 14.2 Å². The van der Waals surface area contributed by atoms with E-state index in [2.05, 4.69) is 16.3 Å². The van der Waals surface area contributed by atoms with Gasteiger partial charge < -0.3 is 19.5 Å². The average molecular weight is 306 g/mol. The van der Waals surface area contributed by atoms with E-state index in [1.807, 2.05) is 0 Å². The zero-order chi connectivity index (χ0) is 15.5. The minimum absolute atomic E-state index is 0.387. The molecular weight excluding hydrogens is 280 g/mol. The SMILES string of the molecule is COc1cc2c(c(OC)c1OC)CNC[C@@H]2N1CCCCC1. The van der Waals surface area contributed by atoms with E-state index in [1.165, 1.54) is 43.5 Å². The molecule has 2 heterocycles. The van der Waals surface area contributed by atoms with E-state index in [4.69, 9.17) is 14.2 Å². The first-order valence-electron chi connectivity index (χ1n) is 8.06. The summed E-state index contributed by atoms with van der Waals surface area (Å²) in [5, 5.41) is 3.53. The van der Waals surface area contributed by atoms with Crippen LogP contribution < -0.4 is 19.5 Å². The minimum atomic E-state index is 0.387. The second-order valence-electron chi connectivity index (χ2n) is 5.96. The number of rotatable bonds is 4. The van der Waals surface area contributed by atoms with Gasteiger partial charge in [0.05, 0.1) is 21.3 Å². The summed E-state index contributed by atoms with van der Waals surface area (Å²) >= 11 is 0. The largest absolute Gasteiger partial charge is 0.493 e. The number of fused-ring (bicyclic) bond motifs is 1. The Balaban J connectivity index is 2.05. The van der Waals surface area contributed by atoms with Gasteiger partial charge in [-0.3, -0.25) is 4.90 Å². The molecule has 0 aromatic heterocycles. The van der Waals surface area contributed by atoms with Gasteiger partial charge in [-0.1, -0.05) is 6.42 Å². The monoisotopic (exact) mass is 306 g/mol. The molecule has 1 N–H and O–H groups in total. The lowest BCUT2D eigenvalue weighted by Gasteiger charge is -2.39. The highest BCUT2D eigenvalue weighted by atomic mass is 16.5. The minimum Gasteiger partial charge on any atom is -0.493 e. The van der Waals surface area contributed by atoms with Crippen molar-refractivity contribution in [2.24, 2.45) is 0 Å². The van der Waals surface area contributed by atoms with Crippen molar-refractivity contribution >= 4 is 0 Å². The predicted molar refractivity (Wildman–Crippen MR) is 86.0 cm³/mol. The van der Waals surface area contributed by atoms with Crippen LogP contribution in [0.2, 0.25) is 0 Å². The van der Waals surface area contributed by atoms with Crippen LogP contribution in [0, 0.1) is 0 Å². The number of benzene rings is 1. The van der Waals surface area contributed by atoms with Crippen molar-refractivity contribution in [1.29, 1.82) is 0 Å². The van der Waals surface area contributed by atoms with Crippen LogP contribution in [0.3, 0.4) is 0 Å². The summed E-state index contributed by atoms with van der Waals surface area (Å²) in [6.07, 6.45) is 3.92. The highest BCUT2D eigenvalue weighted by Gasteiger charge is 2.31. The number of piperidine rings is 1. The molecule has 2 aliphatic rings. The van der Waals surface area contributed by atoms with Crippen molar-refractivity contribution in [1.82, 2.24) is 10.2 Å². The number of nitrogens with zero attached hydrogens (tertiary/aromatic N) is 1. The van der Waals surface area contributed by atoms with Gasteiger partial charge in [-0.15, -0.1) is 0 Å². The third-order valence-electron chi connectivity index (χ3n) is 4.80. The van der Waals surface area contributed by atoms with Crippen molar-refractivity contribution in [3.8, 4) is 17.2 Å². The molecule has 5 heteroatoms. The molecule has 1 fully saturated rings. The third-order valence-corrected chi connectivity index (χ3v) is 4.80. The fourth-order valence-electron chi connectivity index (χ4n) is 3.71. The molecular formula is C17H26N2O3. The Morgan fingerprint density at radius 1 is 1.00 bits per heavy atom. The first-order chi connectivity index (χ1) is 10.8. The van der Waals surface area contributed by atoms with Crippen LogP contribution in [-0.2, 0) is 6.54 Å². The Hall–Kier alpha value is -1.46. The van der Waals surface area contributed by atoms with Gasteiger partial charge in [0.1, 0.15) is 0 Å². The maximum Gasteiger partial charge on any atom is 0.203 e. The van der Waals surface area contributed by atoms with Crippen LogP contribution in [0.4, 0.5) is 0 Å². The van der Waals surface area contributed by atoms with Gasteiger partial charge in [0.15, 0.2) is 11.5 Å². The van der Waals surface area contributed by atoms with E-state index in [0.717, 1.165) is 24.6 Å². The first-order valence-corrected chi connectivity index (χ1v) is 8.06. The quantitative estimate of drug-likeness (QED) is 0.925. The van der Waals surface area contributed by atoms with Crippen molar-refractivity contribution in [3.05, 3.63) is 17.2 Å². The summed E-state index contributed by atoms with van der Waals surface area (Å²) in [6, 6.07) is 2.52. The van der Waals surface area contributed by atoms with Gasteiger partial charge in [-0.25, -0.2) is 0 Å². The maximum atomic E-state index is 5.65. The molecule has 122 valence electrons. The standard InChI is InChI=1S/C17H26N2O3/c1-20-15-9-12-13(16(21-2)17(15)22-3)10-18-11-14(12)19-7-5-4-6-8-19/h9,14,18H,4-8,10-11H2,1-3H3/t14-/m0/s1. The van der Waals surface area contributed by atoms with Crippen LogP contribution in [0.5, 0.6) is 17.2 Å². The molecule has 1 atom stereocenters. The van der Waals surface area contributed by atoms with E-state index in [0.29, 0.717) is 11.8 Å². The summed E-state index contributed by atoms with van der Waals surface area (Å²) in [5.41, 5.74) is 2.51. The topological polar surface area (TPSA) is 43.0 Å². The van der Waals surface area contributed by atoms with Gasteiger partial charge in [0, 0.05) is 24.7 Å². The summed E-state index contributed by atoms with van der Waals surface area (Å²) in [4.78, 5) is 2.58. The number of nitrogens with one attached hydrogen (secondary N) is 1. The molecule has 0 radical (unpaired) electrons. The number of methoxy groups -OCH3 is 3.